The fraction of sp³-hybridized carbons (Fsp3) is 0.0909. The minimum Gasteiger partial charge on any atom is -0.493 e. The summed E-state index contributed by atoms with van der Waals surface area (Å²) in [5.74, 6) is 1.92. The molecule has 0 saturated heterocycles. The third kappa shape index (κ3) is 3.40. The first-order valence-corrected chi connectivity index (χ1v) is 8.85. The highest BCUT2D eigenvalue weighted by atomic mass is 16.5. The summed E-state index contributed by atoms with van der Waals surface area (Å²) in [6.45, 7) is 0. The first-order chi connectivity index (χ1) is 13.8. The van der Waals surface area contributed by atoms with Crippen LogP contribution in [0.4, 0.5) is 11.6 Å². The molecule has 1 heterocycles. The Morgan fingerprint density at radius 3 is 2.46 bits per heavy atom. The minimum absolute atomic E-state index is 0.630. The molecule has 0 unspecified atom stereocenters. The molecule has 1 aromatic heterocycles. The average Bonchev–Trinajstić information content (AvgIpc) is 3.09. The Hall–Kier alpha value is -3.80. The third-order valence-corrected chi connectivity index (χ3v) is 4.31. The van der Waals surface area contributed by atoms with Gasteiger partial charge in [-0.3, -0.25) is 0 Å². The van der Waals surface area contributed by atoms with Crippen molar-refractivity contribution < 1.29 is 9.47 Å². The summed E-state index contributed by atoms with van der Waals surface area (Å²) in [5.41, 5.74) is 3.51. The van der Waals surface area contributed by atoms with Gasteiger partial charge in [-0.05, 0) is 36.4 Å². The number of rotatable bonds is 6. The summed E-state index contributed by atoms with van der Waals surface area (Å²) < 4.78 is 12.6. The van der Waals surface area contributed by atoms with Crippen LogP contribution in [-0.4, -0.2) is 30.1 Å². The van der Waals surface area contributed by atoms with E-state index >= 15 is 0 Å². The average molecular weight is 372 g/mol. The number of benzene rings is 3. The standard InChI is InChI=1S/C22H20N4O2/c1-27-20-14-8-9-16(21(20)28-2)15-23-26-19-13-7-6-12-18(19)25-22(26)24-17-10-4-3-5-11-17/h3-15H,1-2H3,(H,24,25)/b23-15-. The van der Waals surface area contributed by atoms with Crippen molar-refractivity contribution in [1.29, 1.82) is 0 Å². The molecule has 6 heteroatoms. The lowest BCUT2D eigenvalue weighted by atomic mass is 10.2. The maximum Gasteiger partial charge on any atom is 0.229 e. The quantitative estimate of drug-likeness (QED) is 0.499. The van der Waals surface area contributed by atoms with Gasteiger partial charge in [0.25, 0.3) is 0 Å². The summed E-state index contributed by atoms with van der Waals surface area (Å²) in [4.78, 5) is 4.68. The van der Waals surface area contributed by atoms with Crippen molar-refractivity contribution in [3.63, 3.8) is 0 Å². The molecule has 0 aliphatic heterocycles. The molecular weight excluding hydrogens is 352 g/mol. The van der Waals surface area contributed by atoms with E-state index in [1.807, 2.05) is 72.8 Å². The maximum atomic E-state index is 5.49. The van der Waals surface area contributed by atoms with E-state index in [0.717, 1.165) is 22.3 Å². The van der Waals surface area contributed by atoms with Crippen molar-refractivity contribution in [2.24, 2.45) is 5.10 Å². The zero-order chi connectivity index (χ0) is 19.3. The second kappa shape index (κ2) is 7.84. The number of hydrogen-bond donors (Lipinski definition) is 1. The highest BCUT2D eigenvalue weighted by molar-refractivity contribution is 5.86. The number of hydrogen-bond acceptors (Lipinski definition) is 5. The van der Waals surface area contributed by atoms with E-state index < -0.39 is 0 Å². The van der Waals surface area contributed by atoms with Crippen molar-refractivity contribution in [3.8, 4) is 11.5 Å². The smallest absolute Gasteiger partial charge is 0.229 e. The van der Waals surface area contributed by atoms with Crippen LogP contribution in [0, 0.1) is 0 Å². The van der Waals surface area contributed by atoms with Crippen LogP contribution in [0.2, 0.25) is 0 Å². The van der Waals surface area contributed by atoms with Crippen molar-refractivity contribution in [3.05, 3.63) is 78.4 Å². The maximum absolute atomic E-state index is 5.49. The summed E-state index contributed by atoms with van der Waals surface area (Å²) in [5, 5.41) is 8.01. The molecule has 0 atom stereocenters. The molecule has 28 heavy (non-hydrogen) atoms. The number of anilines is 2. The number of nitrogens with zero attached hydrogens (tertiary/aromatic N) is 3. The van der Waals surface area contributed by atoms with Gasteiger partial charge >= 0.3 is 0 Å². The topological polar surface area (TPSA) is 60.7 Å². The van der Waals surface area contributed by atoms with Crippen LogP contribution >= 0.6 is 0 Å². The van der Waals surface area contributed by atoms with Gasteiger partial charge in [-0.1, -0.05) is 36.4 Å². The molecule has 0 aliphatic rings. The number of methoxy groups -OCH3 is 2. The molecule has 0 aliphatic carbocycles. The van der Waals surface area contributed by atoms with Crippen molar-refractivity contribution >= 4 is 28.9 Å². The van der Waals surface area contributed by atoms with E-state index in [4.69, 9.17) is 9.47 Å². The van der Waals surface area contributed by atoms with E-state index in [1.54, 1.807) is 25.1 Å². The number of imidazole rings is 1. The zero-order valence-corrected chi connectivity index (χ0v) is 15.7. The van der Waals surface area contributed by atoms with Gasteiger partial charge in [0, 0.05) is 11.3 Å². The fourth-order valence-corrected chi connectivity index (χ4v) is 3.00. The predicted molar refractivity (Wildman–Crippen MR) is 112 cm³/mol. The van der Waals surface area contributed by atoms with Gasteiger partial charge in [0.2, 0.25) is 5.95 Å². The van der Waals surface area contributed by atoms with Crippen LogP contribution in [0.3, 0.4) is 0 Å². The number of nitrogens with one attached hydrogen (secondary N) is 1. The van der Waals surface area contributed by atoms with Crippen LogP contribution in [0.15, 0.2) is 77.9 Å². The molecule has 0 spiro atoms. The largest absolute Gasteiger partial charge is 0.493 e. The fourth-order valence-electron chi connectivity index (χ4n) is 3.00. The van der Waals surface area contributed by atoms with E-state index in [0.29, 0.717) is 17.4 Å². The number of para-hydroxylation sites is 4. The minimum atomic E-state index is 0.630. The number of ether oxygens (including phenoxy) is 2. The van der Waals surface area contributed by atoms with E-state index in [2.05, 4.69) is 15.4 Å². The number of fused-ring (bicyclic) bond motifs is 1. The van der Waals surface area contributed by atoms with Gasteiger partial charge in [-0.15, -0.1) is 0 Å². The Morgan fingerprint density at radius 2 is 1.68 bits per heavy atom. The van der Waals surface area contributed by atoms with Gasteiger partial charge in [0.1, 0.15) is 0 Å². The van der Waals surface area contributed by atoms with Gasteiger partial charge in [0.05, 0.1) is 31.5 Å². The van der Waals surface area contributed by atoms with Gasteiger partial charge in [-0.2, -0.15) is 9.78 Å². The van der Waals surface area contributed by atoms with Crippen LogP contribution in [0.25, 0.3) is 11.0 Å². The van der Waals surface area contributed by atoms with Gasteiger partial charge in [0.15, 0.2) is 11.5 Å². The highest BCUT2D eigenvalue weighted by Crippen LogP contribution is 2.30. The molecular formula is C22H20N4O2. The van der Waals surface area contributed by atoms with Crippen LogP contribution in [0.5, 0.6) is 11.5 Å². The molecule has 0 radical (unpaired) electrons. The SMILES string of the molecule is COc1cccc(/C=N\n2c(Nc3ccccc3)nc3ccccc32)c1OC. The molecule has 0 saturated carbocycles. The molecule has 3 aromatic carbocycles. The molecule has 0 bridgehead atoms. The lowest BCUT2D eigenvalue weighted by Crippen LogP contribution is -2.01. The number of aromatic nitrogens is 2. The Labute approximate surface area is 163 Å². The third-order valence-electron chi connectivity index (χ3n) is 4.31. The van der Waals surface area contributed by atoms with Crippen LogP contribution < -0.4 is 14.8 Å². The van der Waals surface area contributed by atoms with Crippen molar-refractivity contribution in [2.45, 2.75) is 0 Å². The zero-order valence-electron chi connectivity index (χ0n) is 15.7. The summed E-state index contributed by atoms with van der Waals surface area (Å²) in [6, 6.07) is 23.4. The lowest BCUT2D eigenvalue weighted by molar-refractivity contribution is 0.354. The monoisotopic (exact) mass is 372 g/mol. The molecule has 4 aromatic rings. The summed E-state index contributed by atoms with van der Waals surface area (Å²) in [6.07, 6.45) is 1.74. The first kappa shape index (κ1) is 17.6. The lowest BCUT2D eigenvalue weighted by Gasteiger charge is -2.10. The Kier molecular flexibility index (Phi) is 4.93. The second-order valence-electron chi connectivity index (χ2n) is 6.05. The molecule has 0 fully saturated rings. The van der Waals surface area contributed by atoms with Crippen molar-refractivity contribution in [1.82, 2.24) is 9.66 Å². The molecule has 140 valence electrons. The summed E-state index contributed by atoms with van der Waals surface area (Å²) in [7, 11) is 3.23. The van der Waals surface area contributed by atoms with E-state index in [1.165, 1.54) is 0 Å². The second-order valence-corrected chi connectivity index (χ2v) is 6.05. The van der Waals surface area contributed by atoms with E-state index in [-0.39, 0.29) is 0 Å². The first-order valence-electron chi connectivity index (χ1n) is 8.85. The highest BCUT2D eigenvalue weighted by Gasteiger charge is 2.11. The van der Waals surface area contributed by atoms with Crippen LogP contribution in [0.1, 0.15) is 5.56 Å². The molecule has 1 N–H and O–H groups in total. The van der Waals surface area contributed by atoms with Gasteiger partial charge in [-0.25, -0.2) is 4.98 Å². The normalized spacial score (nSPS) is 11.1. The van der Waals surface area contributed by atoms with Crippen molar-refractivity contribution in [2.75, 3.05) is 19.5 Å². The Morgan fingerprint density at radius 1 is 0.893 bits per heavy atom. The molecule has 0 amide bonds. The van der Waals surface area contributed by atoms with Crippen LogP contribution in [-0.2, 0) is 0 Å². The summed E-state index contributed by atoms with van der Waals surface area (Å²) >= 11 is 0. The molecule has 6 nitrogen and oxygen atoms in total. The van der Waals surface area contributed by atoms with E-state index in [9.17, 15) is 0 Å². The Bertz CT molecular complexity index is 1120. The Balaban J connectivity index is 1.78. The van der Waals surface area contributed by atoms with Gasteiger partial charge < -0.3 is 14.8 Å². The molecule has 4 rings (SSSR count). The predicted octanol–water partition coefficient (Wildman–Crippen LogP) is 4.68.